The van der Waals surface area contributed by atoms with Crippen molar-refractivity contribution in [2.45, 2.75) is 25.5 Å². The van der Waals surface area contributed by atoms with E-state index in [1.807, 2.05) is 78.5 Å². The fourth-order valence-corrected chi connectivity index (χ4v) is 4.81. The molecule has 168 valence electrons. The number of thioether (sulfide) groups is 1. The summed E-state index contributed by atoms with van der Waals surface area (Å²) in [5, 5.41) is 8.62. The van der Waals surface area contributed by atoms with Crippen molar-refractivity contribution in [3.8, 4) is 5.69 Å². The van der Waals surface area contributed by atoms with Crippen LogP contribution in [0.2, 0.25) is 0 Å². The van der Waals surface area contributed by atoms with Crippen molar-refractivity contribution in [2.75, 3.05) is 11.1 Å². The first-order valence-corrected chi connectivity index (χ1v) is 12.3. The highest BCUT2D eigenvalue weighted by atomic mass is 32.2. The minimum absolute atomic E-state index is 0.0892. The number of rotatable bonds is 8. The number of amides is 2. The highest BCUT2D eigenvalue weighted by Gasteiger charge is 2.13. The molecule has 0 saturated heterocycles. The number of hydrogen-bond acceptors (Lipinski definition) is 5. The molecule has 2 N–H and O–H groups in total. The number of benzene rings is 2. The second-order valence-electron chi connectivity index (χ2n) is 7.50. The molecule has 2 amide bonds. The van der Waals surface area contributed by atoms with Gasteiger partial charge in [0.05, 0.1) is 12.3 Å². The molecule has 0 spiro atoms. The molecule has 6 nitrogen and oxygen atoms in total. The summed E-state index contributed by atoms with van der Waals surface area (Å²) in [6.07, 6.45) is 3.52. The second kappa shape index (κ2) is 10.5. The third-order valence-electron chi connectivity index (χ3n) is 5.07. The zero-order valence-corrected chi connectivity index (χ0v) is 20.0. The molecule has 4 rings (SSSR count). The molecule has 2 aromatic heterocycles. The standard InChI is InChI=1S/C25H24N4O2S2/c1-17-6-3-7-18(2)23(17)28-22(30)16-33-25-26-11-12-29(25)20-9-4-8-19(14-20)24(31)27-15-21-10-5-13-32-21/h3-14H,15-16H2,1-2H3,(H,27,31)(H,28,30). The van der Waals surface area contributed by atoms with Crippen molar-refractivity contribution in [1.82, 2.24) is 14.9 Å². The number of hydrogen-bond donors (Lipinski definition) is 2. The summed E-state index contributed by atoms with van der Waals surface area (Å²) in [6.45, 7) is 4.46. The molecule has 8 heteroatoms. The van der Waals surface area contributed by atoms with Crippen molar-refractivity contribution >= 4 is 40.6 Å². The number of imidazole rings is 1. The molecule has 0 atom stereocenters. The van der Waals surface area contributed by atoms with Crippen LogP contribution in [0, 0.1) is 13.8 Å². The van der Waals surface area contributed by atoms with Crippen molar-refractivity contribution in [3.63, 3.8) is 0 Å². The van der Waals surface area contributed by atoms with E-state index in [-0.39, 0.29) is 17.6 Å². The lowest BCUT2D eigenvalue weighted by Gasteiger charge is -2.12. The fraction of sp³-hybridized carbons (Fsp3) is 0.160. The summed E-state index contributed by atoms with van der Waals surface area (Å²) in [5.41, 5.74) is 4.30. The van der Waals surface area contributed by atoms with E-state index < -0.39 is 0 Å². The van der Waals surface area contributed by atoms with E-state index in [1.54, 1.807) is 23.6 Å². The highest BCUT2D eigenvalue weighted by molar-refractivity contribution is 7.99. The number of carbonyl (C=O) groups is 2. The van der Waals surface area contributed by atoms with Crippen molar-refractivity contribution in [2.24, 2.45) is 0 Å². The number of anilines is 1. The van der Waals surface area contributed by atoms with E-state index >= 15 is 0 Å². The van der Waals surface area contributed by atoms with E-state index in [4.69, 9.17) is 0 Å². The second-order valence-corrected chi connectivity index (χ2v) is 9.47. The van der Waals surface area contributed by atoms with Crippen LogP contribution in [0.25, 0.3) is 5.69 Å². The Morgan fingerprint density at radius 3 is 2.61 bits per heavy atom. The van der Waals surface area contributed by atoms with Gasteiger partial charge in [-0.15, -0.1) is 11.3 Å². The molecular weight excluding hydrogens is 452 g/mol. The van der Waals surface area contributed by atoms with E-state index in [2.05, 4.69) is 15.6 Å². The Hall–Kier alpha value is -3.36. The topological polar surface area (TPSA) is 76.0 Å². The Bertz CT molecular complexity index is 1240. The van der Waals surface area contributed by atoms with Gasteiger partial charge in [0.25, 0.3) is 5.91 Å². The summed E-state index contributed by atoms with van der Waals surface area (Å²) in [7, 11) is 0. The molecule has 2 aromatic carbocycles. The summed E-state index contributed by atoms with van der Waals surface area (Å²) in [6, 6.07) is 17.3. The van der Waals surface area contributed by atoms with Crippen LogP contribution in [0.4, 0.5) is 5.69 Å². The normalized spacial score (nSPS) is 10.7. The zero-order chi connectivity index (χ0) is 23.2. The zero-order valence-electron chi connectivity index (χ0n) is 18.4. The monoisotopic (exact) mass is 476 g/mol. The number of para-hydroxylation sites is 1. The largest absolute Gasteiger partial charge is 0.347 e. The summed E-state index contributed by atoms with van der Waals surface area (Å²) >= 11 is 2.96. The van der Waals surface area contributed by atoms with Gasteiger partial charge in [-0.2, -0.15) is 0 Å². The highest BCUT2D eigenvalue weighted by Crippen LogP contribution is 2.23. The van der Waals surface area contributed by atoms with Gasteiger partial charge in [0.1, 0.15) is 0 Å². The Labute approximate surface area is 201 Å². The maximum Gasteiger partial charge on any atom is 0.251 e. The van der Waals surface area contributed by atoms with E-state index in [1.165, 1.54) is 11.8 Å². The number of carbonyl (C=O) groups excluding carboxylic acids is 2. The minimum Gasteiger partial charge on any atom is -0.347 e. The molecule has 0 radical (unpaired) electrons. The van der Waals surface area contributed by atoms with Gasteiger partial charge in [-0.3, -0.25) is 14.2 Å². The van der Waals surface area contributed by atoms with E-state index in [0.29, 0.717) is 17.3 Å². The van der Waals surface area contributed by atoms with Crippen LogP contribution in [-0.2, 0) is 11.3 Å². The smallest absolute Gasteiger partial charge is 0.251 e. The molecule has 0 fully saturated rings. The summed E-state index contributed by atoms with van der Waals surface area (Å²) in [5.74, 6) is 0.00685. The van der Waals surface area contributed by atoms with Crippen molar-refractivity contribution in [3.05, 3.63) is 93.9 Å². The van der Waals surface area contributed by atoms with Crippen molar-refractivity contribution < 1.29 is 9.59 Å². The molecule has 0 aliphatic rings. The van der Waals surface area contributed by atoms with Gasteiger partial charge in [0, 0.05) is 34.2 Å². The van der Waals surface area contributed by atoms with Crippen LogP contribution in [0.3, 0.4) is 0 Å². The van der Waals surface area contributed by atoms with Crippen LogP contribution in [0.15, 0.2) is 77.5 Å². The van der Waals surface area contributed by atoms with Gasteiger partial charge in [-0.1, -0.05) is 42.1 Å². The van der Waals surface area contributed by atoms with Crippen LogP contribution in [0.1, 0.15) is 26.4 Å². The number of aryl methyl sites for hydroxylation is 2. The van der Waals surface area contributed by atoms with Crippen LogP contribution in [0.5, 0.6) is 0 Å². The maximum absolute atomic E-state index is 12.6. The quantitative estimate of drug-likeness (QED) is 0.342. The van der Waals surface area contributed by atoms with Crippen molar-refractivity contribution in [1.29, 1.82) is 0 Å². The maximum atomic E-state index is 12.6. The molecule has 0 aliphatic heterocycles. The summed E-state index contributed by atoms with van der Waals surface area (Å²) < 4.78 is 1.88. The van der Waals surface area contributed by atoms with Gasteiger partial charge < -0.3 is 10.6 Å². The van der Waals surface area contributed by atoms with E-state index in [0.717, 1.165) is 27.4 Å². The molecule has 33 heavy (non-hydrogen) atoms. The molecule has 2 heterocycles. The molecule has 0 aliphatic carbocycles. The lowest BCUT2D eigenvalue weighted by Crippen LogP contribution is -2.22. The molecule has 0 bridgehead atoms. The fourth-order valence-electron chi connectivity index (χ4n) is 3.39. The van der Waals surface area contributed by atoms with Gasteiger partial charge in [0.15, 0.2) is 5.16 Å². The van der Waals surface area contributed by atoms with Gasteiger partial charge in [-0.25, -0.2) is 4.98 Å². The van der Waals surface area contributed by atoms with Gasteiger partial charge in [-0.05, 0) is 54.6 Å². The predicted octanol–water partition coefficient (Wildman–Crippen LogP) is 5.21. The lowest BCUT2D eigenvalue weighted by atomic mass is 10.1. The minimum atomic E-state index is -0.132. The molecule has 0 saturated carbocycles. The van der Waals surface area contributed by atoms with Gasteiger partial charge >= 0.3 is 0 Å². The Morgan fingerprint density at radius 1 is 1.06 bits per heavy atom. The third-order valence-corrected chi connectivity index (χ3v) is 6.92. The first-order chi connectivity index (χ1) is 16.0. The lowest BCUT2D eigenvalue weighted by molar-refractivity contribution is -0.113. The number of nitrogens with zero attached hydrogens (tertiary/aromatic N) is 2. The average Bonchev–Trinajstić information content (AvgIpc) is 3.51. The first-order valence-electron chi connectivity index (χ1n) is 10.4. The first kappa shape index (κ1) is 22.8. The van der Waals surface area contributed by atoms with Crippen LogP contribution >= 0.6 is 23.1 Å². The molecule has 0 unspecified atom stereocenters. The average molecular weight is 477 g/mol. The Kier molecular flexibility index (Phi) is 7.26. The van der Waals surface area contributed by atoms with E-state index in [9.17, 15) is 9.59 Å². The SMILES string of the molecule is Cc1cccc(C)c1NC(=O)CSc1nccn1-c1cccc(C(=O)NCc2cccs2)c1. The predicted molar refractivity (Wildman–Crippen MR) is 134 cm³/mol. The van der Waals surface area contributed by atoms with Gasteiger partial charge in [0.2, 0.25) is 5.91 Å². The Morgan fingerprint density at radius 2 is 1.85 bits per heavy atom. The number of aromatic nitrogens is 2. The van der Waals surface area contributed by atoms with Crippen LogP contribution < -0.4 is 10.6 Å². The third kappa shape index (κ3) is 5.71. The molecular formula is C25H24N4O2S2. The summed E-state index contributed by atoms with van der Waals surface area (Å²) in [4.78, 5) is 30.7. The number of nitrogens with one attached hydrogen (secondary N) is 2. The molecule has 4 aromatic rings. The van der Waals surface area contributed by atoms with Crippen LogP contribution in [-0.4, -0.2) is 27.1 Å². The Balaban J connectivity index is 1.41. The number of thiophene rings is 1.